The van der Waals surface area contributed by atoms with E-state index in [9.17, 15) is 10.1 Å². The molecular weight excluding hydrogens is 256 g/mol. The Morgan fingerprint density at radius 3 is 2.35 bits per heavy atom. The molecule has 1 N–H and O–H groups in total. The van der Waals surface area contributed by atoms with Gasteiger partial charge < -0.3 is 15.4 Å². The van der Waals surface area contributed by atoms with E-state index in [1.807, 2.05) is 7.05 Å². The predicted molar refractivity (Wildman–Crippen MR) is 74.4 cm³/mol. The van der Waals surface area contributed by atoms with Crippen molar-refractivity contribution in [3.63, 3.8) is 0 Å². The Labute approximate surface area is 117 Å². The van der Waals surface area contributed by atoms with Crippen LogP contribution in [0.3, 0.4) is 0 Å². The van der Waals surface area contributed by atoms with E-state index in [2.05, 4.69) is 10.3 Å². The number of nitrogens with zero attached hydrogens (tertiary/aromatic N) is 3. The summed E-state index contributed by atoms with van der Waals surface area (Å²) in [5.74, 6) is 3.00. The number of anilines is 1. The van der Waals surface area contributed by atoms with Gasteiger partial charge in [-0.3, -0.25) is 4.57 Å². The molecule has 0 atom stereocenters. The molecule has 1 heterocycles. The second kappa shape index (κ2) is 3.96. The standard InChI is InChI=1S/C14H20N4O2/c1-17-8-15-12(18(19)20)13(17)16-14-5-9-2-10(6-14)4-11(3-9)7-14/h8-11,16H,2-7H2,1H3. The number of nitro groups is 1. The molecule has 6 nitrogen and oxygen atoms in total. The molecule has 5 rings (SSSR count). The van der Waals surface area contributed by atoms with Gasteiger partial charge in [-0.25, -0.2) is 0 Å². The molecule has 0 spiro atoms. The number of hydrogen-bond acceptors (Lipinski definition) is 4. The van der Waals surface area contributed by atoms with Crippen LogP contribution in [0, 0.1) is 27.9 Å². The van der Waals surface area contributed by atoms with Crippen molar-refractivity contribution in [3.05, 3.63) is 16.4 Å². The van der Waals surface area contributed by atoms with E-state index in [1.165, 1.54) is 44.9 Å². The topological polar surface area (TPSA) is 73.0 Å². The number of nitrogens with one attached hydrogen (secondary N) is 1. The highest BCUT2D eigenvalue weighted by atomic mass is 16.6. The summed E-state index contributed by atoms with van der Waals surface area (Å²) in [6.07, 6.45) is 9.14. The van der Waals surface area contributed by atoms with Gasteiger partial charge in [-0.05, 0) is 66.2 Å². The predicted octanol–water partition coefficient (Wildman–Crippen LogP) is 2.71. The van der Waals surface area contributed by atoms with E-state index < -0.39 is 0 Å². The van der Waals surface area contributed by atoms with Crippen LogP contribution in [0.5, 0.6) is 0 Å². The number of aromatic nitrogens is 2. The van der Waals surface area contributed by atoms with Gasteiger partial charge in [-0.15, -0.1) is 0 Å². The zero-order chi connectivity index (χ0) is 13.9. The summed E-state index contributed by atoms with van der Waals surface area (Å²) in [6.45, 7) is 0. The lowest BCUT2D eigenvalue weighted by Crippen LogP contribution is -2.55. The molecule has 0 saturated heterocycles. The molecule has 4 aliphatic rings. The van der Waals surface area contributed by atoms with Crippen LogP contribution in [-0.4, -0.2) is 20.0 Å². The van der Waals surface area contributed by atoms with Crippen LogP contribution in [0.15, 0.2) is 6.33 Å². The Kier molecular flexibility index (Phi) is 2.41. The van der Waals surface area contributed by atoms with Crippen LogP contribution in [-0.2, 0) is 7.05 Å². The molecule has 0 unspecified atom stereocenters. The maximum atomic E-state index is 11.1. The molecule has 20 heavy (non-hydrogen) atoms. The molecule has 4 fully saturated rings. The summed E-state index contributed by atoms with van der Waals surface area (Å²) in [5, 5.41) is 14.7. The minimum Gasteiger partial charge on any atom is -0.359 e. The molecule has 6 heteroatoms. The molecule has 0 radical (unpaired) electrons. The van der Waals surface area contributed by atoms with Crippen molar-refractivity contribution in [1.82, 2.24) is 9.55 Å². The average molecular weight is 276 g/mol. The Hall–Kier alpha value is -1.59. The van der Waals surface area contributed by atoms with E-state index >= 15 is 0 Å². The third kappa shape index (κ3) is 1.73. The van der Waals surface area contributed by atoms with Crippen LogP contribution < -0.4 is 5.32 Å². The van der Waals surface area contributed by atoms with Crippen molar-refractivity contribution in [1.29, 1.82) is 0 Å². The fourth-order valence-electron chi connectivity index (χ4n) is 5.21. The summed E-state index contributed by atoms with van der Waals surface area (Å²) in [7, 11) is 1.82. The summed E-state index contributed by atoms with van der Waals surface area (Å²) in [6, 6.07) is 0. The third-order valence-electron chi connectivity index (χ3n) is 5.51. The monoisotopic (exact) mass is 276 g/mol. The zero-order valence-corrected chi connectivity index (χ0v) is 11.7. The maximum Gasteiger partial charge on any atom is 0.406 e. The lowest BCUT2D eigenvalue weighted by Gasteiger charge is -2.57. The number of aryl methyl sites for hydroxylation is 1. The molecule has 0 aliphatic heterocycles. The van der Waals surface area contributed by atoms with Crippen LogP contribution in [0.2, 0.25) is 0 Å². The number of imidazole rings is 1. The quantitative estimate of drug-likeness (QED) is 0.680. The first-order valence-electron chi connectivity index (χ1n) is 7.48. The van der Waals surface area contributed by atoms with Crippen molar-refractivity contribution in [2.45, 2.75) is 44.1 Å². The normalized spacial score (nSPS) is 38.1. The highest BCUT2D eigenvalue weighted by Gasteiger charge is 2.51. The van der Waals surface area contributed by atoms with Crippen LogP contribution in [0.4, 0.5) is 11.6 Å². The summed E-state index contributed by atoms with van der Waals surface area (Å²) >= 11 is 0. The van der Waals surface area contributed by atoms with Gasteiger partial charge >= 0.3 is 5.82 Å². The van der Waals surface area contributed by atoms with Crippen molar-refractivity contribution < 1.29 is 4.92 Å². The summed E-state index contributed by atoms with van der Waals surface area (Å²) in [5.41, 5.74) is 0.0767. The fourth-order valence-corrected chi connectivity index (χ4v) is 5.21. The molecule has 0 amide bonds. The minimum absolute atomic E-state index is 0.0387. The van der Waals surface area contributed by atoms with Crippen molar-refractivity contribution in [2.24, 2.45) is 24.8 Å². The fraction of sp³-hybridized carbons (Fsp3) is 0.786. The molecular formula is C14H20N4O2. The van der Waals surface area contributed by atoms with Crippen LogP contribution >= 0.6 is 0 Å². The van der Waals surface area contributed by atoms with Gasteiger partial charge in [-0.1, -0.05) is 0 Å². The summed E-state index contributed by atoms with van der Waals surface area (Å²) in [4.78, 5) is 14.6. The first-order chi connectivity index (χ1) is 9.55. The van der Waals surface area contributed by atoms with Gasteiger partial charge in [0, 0.05) is 12.6 Å². The van der Waals surface area contributed by atoms with E-state index in [4.69, 9.17) is 0 Å². The van der Waals surface area contributed by atoms with Gasteiger partial charge in [0.15, 0.2) is 0 Å². The highest BCUT2D eigenvalue weighted by molar-refractivity contribution is 5.54. The van der Waals surface area contributed by atoms with Crippen molar-refractivity contribution in [3.8, 4) is 0 Å². The Morgan fingerprint density at radius 2 is 1.85 bits per heavy atom. The zero-order valence-electron chi connectivity index (χ0n) is 11.7. The number of hydrogen-bond donors (Lipinski definition) is 1. The smallest absolute Gasteiger partial charge is 0.359 e. The van der Waals surface area contributed by atoms with E-state index in [0.29, 0.717) is 5.82 Å². The Bertz CT molecular complexity index is 530. The second-order valence-corrected chi connectivity index (χ2v) is 7.11. The molecule has 108 valence electrons. The number of rotatable bonds is 3. The first kappa shape index (κ1) is 12.2. The van der Waals surface area contributed by atoms with E-state index in [0.717, 1.165) is 17.8 Å². The van der Waals surface area contributed by atoms with Gasteiger partial charge in [0.2, 0.25) is 12.1 Å². The van der Waals surface area contributed by atoms with Crippen molar-refractivity contribution >= 4 is 11.6 Å². The van der Waals surface area contributed by atoms with Gasteiger partial charge in [0.05, 0.1) is 0 Å². The average Bonchev–Trinajstić information content (AvgIpc) is 2.68. The lowest BCUT2D eigenvalue weighted by molar-refractivity contribution is -0.388. The minimum atomic E-state index is -0.386. The molecule has 1 aromatic rings. The molecule has 1 aromatic heterocycles. The van der Waals surface area contributed by atoms with E-state index in [-0.39, 0.29) is 16.3 Å². The highest BCUT2D eigenvalue weighted by Crippen LogP contribution is 2.56. The third-order valence-corrected chi connectivity index (χ3v) is 5.51. The molecule has 0 aromatic carbocycles. The SMILES string of the molecule is Cn1cnc([N+](=O)[O-])c1NC12CC3CC(CC(C3)C1)C2. The van der Waals surface area contributed by atoms with Gasteiger partial charge in [0.25, 0.3) is 0 Å². The Balaban J connectivity index is 1.66. The largest absolute Gasteiger partial charge is 0.406 e. The van der Waals surface area contributed by atoms with Gasteiger partial charge in [0.1, 0.15) is 0 Å². The Morgan fingerprint density at radius 1 is 1.30 bits per heavy atom. The van der Waals surface area contributed by atoms with Gasteiger partial charge in [-0.2, -0.15) is 0 Å². The lowest BCUT2D eigenvalue weighted by atomic mass is 9.53. The van der Waals surface area contributed by atoms with Crippen LogP contribution in [0.1, 0.15) is 38.5 Å². The second-order valence-electron chi connectivity index (χ2n) is 7.11. The molecule has 4 aliphatic carbocycles. The first-order valence-corrected chi connectivity index (χ1v) is 7.48. The van der Waals surface area contributed by atoms with E-state index in [1.54, 1.807) is 4.57 Å². The summed E-state index contributed by atoms with van der Waals surface area (Å²) < 4.78 is 1.75. The maximum absolute atomic E-state index is 11.1. The van der Waals surface area contributed by atoms with Crippen molar-refractivity contribution in [2.75, 3.05) is 5.32 Å². The molecule has 4 saturated carbocycles. The van der Waals surface area contributed by atoms with Crippen LogP contribution in [0.25, 0.3) is 0 Å². The molecule has 4 bridgehead atoms.